The van der Waals surface area contributed by atoms with Crippen molar-refractivity contribution in [3.8, 4) is 5.75 Å². The number of hydrogen-bond donors (Lipinski definition) is 1. The Morgan fingerprint density at radius 1 is 1.23 bits per heavy atom. The molecule has 1 saturated heterocycles. The lowest BCUT2D eigenvalue weighted by Crippen LogP contribution is -2.38. The van der Waals surface area contributed by atoms with Crippen LogP contribution in [0.3, 0.4) is 0 Å². The predicted molar refractivity (Wildman–Crippen MR) is 97.3 cm³/mol. The van der Waals surface area contributed by atoms with Crippen LogP contribution in [0.2, 0.25) is 0 Å². The molecule has 1 aliphatic heterocycles. The zero-order valence-electron chi connectivity index (χ0n) is 15.1. The first-order valence-corrected chi connectivity index (χ1v) is 8.91. The van der Waals surface area contributed by atoms with Gasteiger partial charge >= 0.3 is 0 Å². The second-order valence-corrected chi connectivity index (χ2v) is 6.77. The number of likely N-dealkylation sites (tertiary alicyclic amines) is 1. The summed E-state index contributed by atoms with van der Waals surface area (Å²) in [6.07, 6.45) is 4.86. The first-order valence-electron chi connectivity index (χ1n) is 8.91. The number of furan rings is 1. The third kappa shape index (κ3) is 4.25. The van der Waals surface area contributed by atoms with E-state index in [1.165, 1.54) is 12.5 Å². The Kier molecular flexibility index (Phi) is 5.61. The number of nitrogens with zero attached hydrogens (tertiary/aromatic N) is 1. The lowest BCUT2D eigenvalue weighted by molar-refractivity contribution is 0.0690. The number of benzene rings is 1. The molecule has 0 aliphatic carbocycles. The molecule has 1 aromatic carbocycles. The molecule has 6 heteroatoms. The highest BCUT2D eigenvalue weighted by Gasteiger charge is 2.30. The highest BCUT2D eigenvalue weighted by Crippen LogP contribution is 2.22. The number of hydrogen-bond acceptors (Lipinski definition) is 4. The van der Waals surface area contributed by atoms with Crippen molar-refractivity contribution in [1.82, 2.24) is 10.2 Å². The molecule has 0 unspecified atom stereocenters. The Bertz CT molecular complexity index is 738. The van der Waals surface area contributed by atoms with Crippen LogP contribution in [0, 0.1) is 0 Å². The molecule has 26 heavy (non-hydrogen) atoms. The van der Waals surface area contributed by atoms with Crippen molar-refractivity contribution in [3.63, 3.8) is 0 Å². The van der Waals surface area contributed by atoms with Crippen molar-refractivity contribution in [2.45, 2.75) is 38.8 Å². The highest BCUT2D eigenvalue weighted by molar-refractivity contribution is 5.94. The molecule has 6 nitrogen and oxygen atoms in total. The maximum absolute atomic E-state index is 12.5. The van der Waals surface area contributed by atoms with Gasteiger partial charge in [-0.2, -0.15) is 0 Å². The molecule has 1 fully saturated rings. The second-order valence-electron chi connectivity index (χ2n) is 6.77. The number of nitrogens with one attached hydrogen (secondary N) is 1. The van der Waals surface area contributed by atoms with Gasteiger partial charge in [-0.05, 0) is 57.0 Å². The molecule has 2 amide bonds. The van der Waals surface area contributed by atoms with Crippen LogP contribution < -0.4 is 10.1 Å². The molecular weight excluding hydrogens is 332 g/mol. The monoisotopic (exact) mass is 356 g/mol. The van der Waals surface area contributed by atoms with Gasteiger partial charge in [-0.1, -0.05) is 0 Å². The minimum atomic E-state index is -0.0979. The smallest absolute Gasteiger partial charge is 0.257 e. The Balaban J connectivity index is 1.56. The van der Waals surface area contributed by atoms with Crippen LogP contribution >= 0.6 is 0 Å². The number of rotatable bonds is 6. The summed E-state index contributed by atoms with van der Waals surface area (Å²) in [7, 11) is 0. The Morgan fingerprint density at radius 3 is 2.65 bits per heavy atom. The highest BCUT2D eigenvalue weighted by atomic mass is 16.5. The van der Waals surface area contributed by atoms with Gasteiger partial charge in [0.15, 0.2) is 0 Å². The van der Waals surface area contributed by atoms with E-state index in [-0.39, 0.29) is 23.9 Å². The Morgan fingerprint density at radius 2 is 2.00 bits per heavy atom. The molecule has 1 atom stereocenters. The lowest BCUT2D eigenvalue weighted by atomic mass is 10.2. The minimum absolute atomic E-state index is 0.0226. The summed E-state index contributed by atoms with van der Waals surface area (Å²) >= 11 is 0. The fourth-order valence-electron chi connectivity index (χ4n) is 3.07. The normalized spacial score (nSPS) is 16.7. The molecule has 1 aromatic heterocycles. The summed E-state index contributed by atoms with van der Waals surface area (Å²) in [6.45, 7) is 5.01. The van der Waals surface area contributed by atoms with Gasteiger partial charge in [0.05, 0.1) is 17.9 Å². The zero-order chi connectivity index (χ0) is 18.5. The largest absolute Gasteiger partial charge is 0.491 e. The maximum Gasteiger partial charge on any atom is 0.257 e. The van der Waals surface area contributed by atoms with Gasteiger partial charge in [0.1, 0.15) is 18.6 Å². The van der Waals surface area contributed by atoms with E-state index in [4.69, 9.17) is 9.15 Å². The van der Waals surface area contributed by atoms with Crippen molar-refractivity contribution in [2.24, 2.45) is 0 Å². The number of carbonyl (C=O) groups is 2. The SMILES string of the molecule is CC(C)NC(=O)c1ccc(OC[C@H]2CCCN2C(=O)c2ccoc2)cc1. The van der Waals surface area contributed by atoms with Gasteiger partial charge in [0.25, 0.3) is 11.8 Å². The third-order valence-electron chi connectivity index (χ3n) is 4.38. The van der Waals surface area contributed by atoms with Crippen LogP contribution in [0.1, 0.15) is 47.4 Å². The summed E-state index contributed by atoms with van der Waals surface area (Å²) in [4.78, 5) is 26.3. The summed E-state index contributed by atoms with van der Waals surface area (Å²) in [5, 5.41) is 2.86. The average Bonchev–Trinajstić information content (AvgIpc) is 3.31. The van der Waals surface area contributed by atoms with E-state index in [0.717, 1.165) is 19.4 Å². The molecule has 0 radical (unpaired) electrons. The standard InChI is InChI=1S/C20H24N2O4/c1-14(2)21-19(23)15-5-7-18(8-6-15)26-13-17-4-3-10-22(17)20(24)16-9-11-25-12-16/h5-9,11-12,14,17H,3-4,10,13H2,1-2H3,(H,21,23)/t17-/m1/s1. The van der Waals surface area contributed by atoms with E-state index in [1.807, 2.05) is 18.7 Å². The first kappa shape index (κ1) is 18.0. The maximum atomic E-state index is 12.5. The number of ether oxygens (including phenoxy) is 1. The van der Waals surface area contributed by atoms with Crippen LogP contribution in [0.5, 0.6) is 5.75 Å². The summed E-state index contributed by atoms with van der Waals surface area (Å²) in [5.74, 6) is 0.568. The minimum Gasteiger partial charge on any atom is -0.491 e. The fraction of sp³-hybridized carbons (Fsp3) is 0.400. The van der Waals surface area contributed by atoms with Crippen molar-refractivity contribution < 1.29 is 18.7 Å². The topological polar surface area (TPSA) is 71.8 Å². The molecule has 0 saturated carbocycles. The molecule has 1 aliphatic rings. The van der Waals surface area contributed by atoms with Gasteiger partial charge < -0.3 is 19.4 Å². The Labute approximate surface area is 153 Å². The van der Waals surface area contributed by atoms with Crippen molar-refractivity contribution in [2.75, 3.05) is 13.2 Å². The van der Waals surface area contributed by atoms with Gasteiger partial charge in [-0.25, -0.2) is 0 Å². The molecule has 0 spiro atoms. The summed E-state index contributed by atoms with van der Waals surface area (Å²) in [6, 6.07) is 8.88. The van der Waals surface area contributed by atoms with Crippen molar-refractivity contribution in [3.05, 3.63) is 54.0 Å². The molecule has 0 bridgehead atoms. The van der Waals surface area contributed by atoms with E-state index in [9.17, 15) is 9.59 Å². The second kappa shape index (κ2) is 8.08. The van der Waals surface area contributed by atoms with E-state index in [1.54, 1.807) is 30.3 Å². The van der Waals surface area contributed by atoms with Gasteiger partial charge in [-0.15, -0.1) is 0 Å². The van der Waals surface area contributed by atoms with Crippen LogP contribution in [-0.2, 0) is 0 Å². The quantitative estimate of drug-likeness (QED) is 0.863. The number of carbonyl (C=O) groups excluding carboxylic acids is 2. The fourth-order valence-corrected chi connectivity index (χ4v) is 3.07. The summed E-state index contributed by atoms with van der Waals surface area (Å²) in [5.41, 5.74) is 1.17. The van der Waals surface area contributed by atoms with Crippen LogP contribution in [0.25, 0.3) is 0 Å². The Hall–Kier alpha value is -2.76. The van der Waals surface area contributed by atoms with E-state index in [0.29, 0.717) is 23.5 Å². The van der Waals surface area contributed by atoms with Gasteiger partial charge in [0.2, 0.25) is 0 Å². The summed E-state index contributed by atoms with van der Waals surface area (Å²) < 4.78 is 10.9. The van der Waals surface area contributed by atoms with Crippen molar-refractivity contribution in [1.29, 1.82) is 0 Å². The first-order chi connectivity index (χ1) is 12.5. The van der Waals surface area contributed by atoms with Crippen LogP contribution in [0.15, 0.2) is 47.3 Å². The predicted octanol–water partition coefficient (Wildman–Crippen LogP) is 3.10. The lowest BCUT2D eigenvalue weighted by Gasteiger charge is -2.24. The molecular formula is C20H24N2O4. The van der Waals surface area contributed by atoms with Gasteiger partial charge in [0, 0.05) is 18.2 Å². The molecule has 3 rings (SSSR count). The van der Waals surface area contributed by atoms with Crippen LogP contribution in [-0.4, -0.2) is 41.9 Å². The van der Waals surface area contributed by atoms with E-state index < -0.39 is 0 Å². The third-order valence-corrected chi connectivity index (χ3v) is 4.38. The molecule has 2 aromatic rings. The number of amides is 2. The van der Waals surface area contributed by atoms with Crippen LogP contribution in [0.4, 0.5) is 0 Å². The van der Waals surface area contributed by atoms with Gasteiger partial charge in [-0.3, -0.25) is 9.59 Å². The zero-order valence-corrected chi connectivity index (χ0v) is 15.1. The van der Waals surface area contributed by atoms with E-state index >= 15 is 0 Å². The average molecular weight is 356 g/mol. The molecule has 138 valence electrons. The molecule has 2 heterocycles. The molecule has 1 N–H and O–H groups in total. The van der Waals surface area contributed by atoms with E-state index in [2.05, 4.69) is 5.32 Å². The van der Waals surface area contributed by atoms with Crippen molar-refractivity contribution >= 4 is 11.8 Å².